The highest BCUT2D eigenvalue weighted by Gasteiger charge is 2.34. The van der Waals surface area contributed by atoms with Gasteiger partial charge in [-0.1, -0.05) is 12.1 Å². The van der Waals surface area contributed by atoms with Gasteiger partial charge >= 0.3 is 5.97 Å². The maximum Gasteiger partial charge on any atom is 0.342 e. The predicted octanol–water partition coefficient (Wildman–Crippen LogP) is 1.99. The first-order chi connectivity index (χ1) is 11.7. The molecule has 1 aromatic carbocycles. The van der Waals surface area contributed by atoms with E-state index in [1.807, 2.05) is 0 Å². The van der Waals surface area contributed by atoms with E-state index >= 15 is 0 Å². The van der Waals surface area contributed by atoms with Gasteiger partial charge in [-0.05, 0) is 45.4 Å². The molecule has 0 saturated heterocycles. The highest BCUT2D eigenvalue weighted by molar-refractivity contribution is 5.80. The van der Waals surface area contributed by atoms with Crippen molar-refractivity contribution < 1.29 is 19.4 Å². The lowest BCUT2D eigenvalue weighted by Gasteiger charge is -2.22. The van der Waals surface area contributed by atoms with E-state index in [1.54, 1.807) is 45.0 Å². The Labute approximate surface area is 145 Å². The quantitative estimate of drug-likeness (QED) is 0.776. The number of carbonyl (C=O) groups is 1. The number of aliphatic hydroxyl groups is 1. The molecule has 1 heterocycles. The first-order valence-electron chi connectivity index (χ1n) is 7.98. The molecule has 0 aliphatic rings. The molecule has 0 spiro atoms. The fourth-order valence-corrected chi connectivity index (χ4v) is 2.30. The zero-order chi connectivity index (χ0) is 18.6. The molecule has 0 fully saturated rings. The molecule has 0 amide bonds. The number of hydrogen-bond donors (Lipinski definition) is 2. The fourth-order valence-electron chi connectivity index (χ4n) is 2.30. The molecule has 25 heavy (non-hydrogen) atoms. The number of carbonyl (C=O) groups excluding carboxylic acids is 1. The zero-order valence-electron chi connectivity index (χ0n) is 14.7. The van der Waals surface area contributed by atoms with E-state index in [1.165, 1.54) is 13.0 Å². The molecule has 2 unspecified atom stereocenters. The third kappa shape index (κ3) is 4.45. The molecular weight excluding hydrogens is 324 g/mol. The third-order valence-electron chi connectivity index (χ3n) is 3.68. The topological polar surface area (TPSA) is 102 Å². The van der Waals surface area contributed by atoms with Gasteiger partial charge in [0.15, 0.2) is 11.7 Å². The van der Waals surface area contributed by atoms with Gasteiger partial charge in [-0.15, -0.1) is 0 Å². The summed E-state index contributed by atoms with van der Waals surface area (Å²) < 4.78 is 10.6. The van der Waals surface area contributed by atoms with Crippen molar-refractivity contribution in [2.24, 2.45) is 0 Å². The van der Waals surface area contributed by atoms with Crippen LogP contribution in [0.25, 0.3) is 0 Å². The summed E-state index contributed by atoms with van der Waals surface area (Å²) in [5, 5.41) is 10.3. The number of nitrogens with zero attached hydrogens (tertiary/aromatic N) is 1. The maximum atomic E-state index is 11.8. The van der Waals surface area contributed by atoms with Crippen LogP contribution < -0.4 is 10.3 Å². The maximum absolute atomic E-state index is 11.8. The van der Waals surface area contributed by atoms with Crippen LogP contribution in [-0.4, -0.2) is 27.7 Å². The summed E-state index contributed by atoms with van der Waals surface area (Å²) in [5.41, 5.74) is -0.967. The Morgan fingerprint density at radius 3 is 2.56 bits per heavy atom. The van der Waals surface area contributed by atoms with Crippen molar-refractivity contribution >= 4 is 5.97 Å². The zero-order valence-corrected chi connectivity index (χ0v) is 14.7. The first kappa shape index (κ1) is 18.7. The van der Waals surface area contributed by atoms with Crippen molar-refractivity contribution in [2.75, 3.05) is 6.61 Å². The van der Waals surface area contributed by atoms with Crippen LogP contribution in [0.4, 0.5) is 0 Å². The number of aromatic amines is 1. The lowest BCUT2D eigenvalue weighted by molar-refractivity contribution is -0.164. The smallest absolute Gasteiger partial charge is 0.342 e. The number of rotatable bonds is 6. The van der Waals surface area contributed by atoms with E-state index in [9.17, 15) is 14.7 Å². The van der Waals surface area contributed by atoms with Crippen molar-refractivity contribution in [2.45, 2.75) is 39.4 Å². The summed E-state index contributed by atoms with van der Waals surface area (Å²) in [6.07, 6.45) is -0.469. The molecule has 7 nitrogen and oxygen atoms in total. The summed E-state index contributed by atoms with van der Waals surface area (Å²) in [5.74, 6) is 0.228. The number of nitrogens with one attached hydrogen (secondary N) is 1. The molecule has 0 aliphatic heterocycles. The van der Waals surface area contributed by atoms with Crippen molar-refractivity contribution in [3.05, 3.63) is 57.8 Å². The number of esters is 1. The van der Waals surface area contributed by atoms with Crippen molar-refractivity contribution in [1.82, 2.24) is 9.97 Å². The monoisotopic (exact) mass is 346 g/mol. The summed E-state index contributed by atoms with van der Waals surface area (Å²) in [6, 6.07) is 7.85. The molecule has 2 aromatic rings. The molecule has 0 saturated carbocycles. The number of benzene rings is 1. The lowest BCUT2D eigenvalue weighted by Crippen LogP contribution is -2.34. The Balaban J connectivity index is 2.14. The van der Waals surface area contributed by atoms with Gasteiger partial charge in [0.2, 0.25) is 0 Å². The second kappa shape index (κ2) is 7.48. The number of H-pyrrole nitrogens is 1. The van der Waals surface area contributed by atoms with Crippen LogP contribution in [0.15, 0.2) is 35.1 Å². The van der Waals surface area contributed by atoms with E-state index in [2.05, 4.69) is 9.97 Å². The Hall–Kier alpha value is -2.67. The van der Waals surface area contributed by atoms with Crippen LogP contribution in [0.5, 0.6) is 5.75 Å². The molecule has 2 atom stereocenters. The highest BCUT2D eigenvalue weighted by atomic mass is 16.5. The van der Waals surface area contributed by atoms with Gasteiger partial charge in [-0.25, -0.2) is 9.78 Å². The molecule has 0 bridgehead atoms. The van der Waals surface area contributed by atoms with Crippen molar-refractivity contribution in [3.8, 4) is 5.75 Å². The molecule has 7 heteroatoms. The van der Waals surface area contributed by atoms with Gasteiger partial charge in [0.1, 0.15) is 11.6 Å². The standard InChI is InChI=1S/C18H22N2O5/c1-5-24-17(22)18(4,23)13-6-8-14(9-7-13)25-12(3)16-19-11(2)10-15(21)20-16/h6-10,12,23H,5H2,1-4H3,(H,19,20,21). The van der Waals surface area contributed by atoms with Crippen molar-refractivity contribution in [3.63, 3.8) is 0 Å². The minimum Gasteiger partial charge on any atom is -0.483 e. The minimum atomic E-state index is -1.73. The number of hydrogen-bond acceptors (Lipinski definition) is 6. The molecule has 1 aromatic heterocycles. The van der Waals surface area contributed by atoms with E-state index < -0.39 is 17.7 Å². The van der Waals surface area contributed by atoms with Gasteiger partial charge in [-0.3, -0.25) is 4.79 Å². The largest absolute Gasteiger partial charge is 0.483 e. The summed E-state index contributed by atoms with van der Waals surface area (Å²) in [4.78, 5) is 30.2. The summed E-state index contributed by atoms with van der Waals surface area (Å²) in [7, 11) is 0. The fraction of sp³-hybridized carbons (Fsp3) is 0.389. The lowest BCUT2D eigenvalue weighted by atomic mass is 9.96. The Morgan fingerprint density at radius 1 is 1.36 bits per heavy atom. The molecule has 2 N–H and O–H groups in total. The van der Waals surface area contributed by atoms with E-state index in [4.69, 9.17) is 9.47 Å². The molecular formula is C18H22N2O5. The SMILES string of the molecule is CCOC(=O)C(C)(O)c1ccc(OC(C)c2nc(C)cc(=O)[nH]2)cc1. The first-order valence-corrected chi connectivity index (χ1v) is 7.98. The van der Waals surface area contributed by atoms with E-state index in [-0.39, 0.29) is 12.2 Å². The van der Waals surface area contributed by atoms with E-state index in [0.29, 0.717) is 22.8 Å². The van der Waals surface area contributed by atoms with Crippen LogP contribution >= 0.6 is 0 Å². The third-order valence-corrected chi connectivity index (χ3v) is 3.68. The number of aromatic nitrogens is 2. The summed E-state index contributed by atoms with van der Waals surface area (Å²) in [6.45, 7) is 6.74. The highest BCUT2D eigenvalue weighted by Crippen LogP contribution is 2.26. The van der Waals surface area contributed by atoms with Gasteiger partial charge in [0.05, 0.1) is 6.61 Å². The van der Waals surface area contributed by atoms with Gasteiger partial charge in [-0.2, -0.15) is 0 Å². The Morgan fingerprint density at radius 2 is 2.00 bits per heavy atom. The molecule has 0 aliphatic carbocycles. The van der Waals surface area contributed by atoms with Crippen LogP contribution in [0.3, 0.4) is 0 Å². The number of ether oxygens (including phenoxy) is 2. The van der Waals surface area contributed by atoms with Crippen LogP contribution in [0, 0.1) is 6.92 Å². The Kier molecular flexibility index (Phi) is 5.58. The van der Waals surface area contributed by atoms with Crippen LogP contribution in [0.2, 0.25) is 0 Å². The number of aryl methyl sites for hydroxylation is 1. The average Bonchev–Trinajstić information content (AvgIpc) is 2.54. The normalized spacial score (nSPS) is 14.4. The van der Waals surface area contributed by atoms with Gasteiger partial charge in [0.25, 0.3) is 5.56 Å². The molecule has 2 rings (SSSR count). The van der Waals surface area contributed by atoms with Crippen molar-refractivity contribution in [1.29, 1.82) is 0 Å². The second-order valence-electron chi connectivity index (χ2n) is 5.85. The summed E-state index contributed by atoms with van der Waals surface area (Å²) >= 11 is 0. The molecule has 134 valence electrons. The Bertz CT molecular complexity index is 796. The molecule has 0 radical (unpaired) electrons. The van der Waals surface area contributed by atoms with Crippen LogP contribution in [0.1, 0.15) is 44.0 Å². The van der Waals surface area contributed by atoms with Gasteiger partial charge < -0.3 is 19.6 Å². The minimum absolute atomic E-state index is 0.190. The second-order valence-corrected chi connectivity index (χ2v) is 5.85. The van der Waals surface area contributed by atoms with E-state index in [0.717, 1.165) is 0 Å². The average molecular weight is 346 g/mol. The van der Waals surface area contributed by atoms with Crippen LogP contribution in [-0.2, 0) is 15.1 Å². The van der Waals surface area contributed by atoms with Gasteiger partial charge in [0, 0.05) is 11.8 Å². The predicted molar refractivity (Wildman–Crippen MR) is 91.3 cm³/mol.